The number of aliphatic hydroxyl groups excluding tert-OH is 1. The highest BCUT2D eigenvalue weighted by Crippen LogP contribution is 2.55. The number of methoxy groups -OCH3 is 1. The topological polar surface area (TPSA) is 71.0 Å². The van der Waals surface area contributed by atoms with Gasteiger partial charge in [-0.05, 0) is 100 Å². The van der Waals surface area contributed by atoms with Crippen molar-refractivity contribution in [1.82, 2.24) is 10.2 Å². The van der Waals surface area contributed by atoms with E-state index in [1.54, 1.807) is 7.11 Å². The summed E-state index contributed by atoms with van der Waals surface area (Å²) in [6, 6.07) is 8.52. The lowest BCUT2D eigenvalue weighted by Gasteiger charge is -2.57. The molecule has 6 aliphatic rings. The Labute approximate surface area is 209 Å². The third kappa shape index (κ3) is 4.93. The number of rotatable bonds is 9. The average molecular weight is 483 g/mol. The van der Waals surface area contributed by atoms with E-state index in [0.29, 0.717) is 48.4 Å². The SMILES string of the molecule is COc1ccccc1OCC(O)CN1[C@@H]2CC[C@H]1C[C@@H](CC(=O)NC13CC4CC(CC(C4)C1)C3)C2. The van der Waals surface area contributed by atoms with Crippen LogP contribution in [-0.4, -0.2) is 59.9 Å². The minimum atomic E-state index is -0.543. The summed E-state index contributed by atoms with van der Waals surface area (Å²) in [5.74, 6) is 4.71. The lowest BCUT2D eigenvalue weighted by atomic mass is 9.53. The van der Waals surface area contributed by atoms with Crippen molar-refractivity contribution < 1.29 is 19.4 Å². The Kier molecular flexibility index (Phi) is 6.46. The van der Waals surface area contributed by atoms with Gasteiger partial charge in [0.05, 0.1) is 7.11 Å². The zero-order chi connectivity index (χ0) is 24.0. The number of fused-ring (bicyclic) bond motifs is 2. The fourth-order valence-corrected chi connectivity index (χ4v) is 8.94. The van der Waals surface area contributed by atoms with Gasteiger partial charge in [0, 0.05) is 30.6 Å². The van der Waals surface area contributed by atoms with Crippen LogP contribution >= 0.6 is 0 Å². The van der Waals surface area contributed by atoms with Crippen molar-refractivity contribution in [3.63, 3.8) is 0 Å². The Balaban J connectivity index is 0.985. The Bertz CT molecular complexity index is 870. The van der Waals surface area contributed by atoms with E-state index in [2.05, 4.69) is 10.2 Å². The van der Waals surface area contributed by atoms with Crippen LogP contribution in [0.4, 0.5) is 0 Å². The first kappa shape index (κ1) is 23.6. The molecule has 35 heavy (non-hydrogen) atoms. The second-order valence-corrected chi connectivity index (χ2v) is 12.5. The molecule has 6 heteroatoms. The van der Waals surface area contributed by atoms with Crippen LogP contribution in [0.5, 0.6) is 11.5 Å². The Morgan fingerprint density at radius 1 is 1.03 bits per heavy atom. The number of aliphatic hydroxyl groups is 1. The van der Waals surface area contributed by atoms with Crippen molar-refractivity contribution in [2.45, 2.75) is 94.4 Å². The first-order valence-electron chi connectivity index (χ1n) is 14.0. The van der Waals surface area contributed by atoms with Gasteiger partial charge in [-0.2, -0.15) is 0 Å². The Hall–Kier alpha value is -1.79. The van der Waals surface area contributed by atoms with Crippen molar-refractivity contribution in [3.8, 4) is 11.5 Å². The standard InChI is InChI=1S/C29H42N2O4/c1-34-26-4-2-3-5-27(26)35-18-25(32)17-31-23-6-7-24(31)12-19(11-23)13-28(33)30-29-14-20-8-21(15-29)10-22(9-20)16-29/h2-5,19-25,32H,6-18H2,1H3,(H,30,33)/t19-,20?,21?,22?,23+,24-,25?,29?. The Morgan fingerprint density at radius 2 is 1.63 bits per heavy atom. The van der Waals surface area contributed by atoms with E-state index in [1.807, 2.05) is 24.3 Å². The number of hydrogen-bond acceptors (Lipinski definition) is 5. The number of hydrogen-bond donors (Lipinski definition) is 2. The van der Waals surface area contributed by atoms with E-state index in [4.69, 9.17) is 9.47 Å². The molecule has 1 unspecified atom stereocenters. The third-order valence-corrected chi connectivity index (χ3v) is 9.82. The number of piperidine rings is 1. The molecule has 6 bridgehead atoms. The quantitative estimate of drug-likeness (QED) is 0.553. The van der Waals surface area contributed by atoms with Crippen LogP contribution in [0, 0.1) is 23.7 Å². The predicted molar refractivity (Wildman–Crippen MR) is 134 cm³/mol. The third-order valence-electron chi connectivity index (χ3n) is 9.82. The second kappa shape index (κ2) is 9.59. The summed E-state index contributed by atoms with van der Waals surface area (Å²) in [5, 5.41) is 14.3. The number of nitrogens with one attached hydrogen (secondary N) is 1. The first-order chi connectivity index (χ1) is 17.0. The summed E-state index contributed by atoms with van der Waals surface area (Å²) in [6.07, 6.45) is 12.6. The number of para-hydroxylation sites is 2. The molecule has 4 atom stereocenters. The van der Waals surface area contributed by atoms with Gasteiger partial charge >= 0.3 is 0 Å². The van der Waals surface area contributed by atoms with Gasteiger partial charge in [-0.1, -0.05) is 12.1 Å². The zero-order valence-electron chi connectivity index (χ0n) is 21.2. The van der Waals surface area contributed by atoms with E-state index in [9.17, 15) is 9.90 Å². The van der Waals surface area contributed by atoms with Crippen LogP contribution in [0.25, 0.3) is 0 Å². The molecule has 0 radical (unpaired) electrons. The minimum absolute atomic E-state index is 0.122. The fourth-order valence-electron chi connectivity index (χ4n) is 8.94. The molecule has 2 aliphatic heterocycles. The smallest absolute Gasteiger partial charge is 0.220 e. The van der Waals surface area contributed by atoms with Gasteiger partial charge < -0.3 is 19.9 Å². The fraction of sp³-hybridized carbons (Fsp3) is 0.759. The molecule has 2 saturated heterocycles. The molecule has 0 spiro atoms. The molecule has 7 rings (SSSR count). The van der Waals surface area contributed by atoms with Crippen molar-refractivity contribution in [3.05, 3.63) is 24.3 Å². The van der Waals surface area contributed by atoms with Crippen molar-refractivity contribution >= 4 is 5.91 Å². The molecule has 192 valence electrons. The van der Waals surface area contributed by atoms with E-state index in [0.717, 1.165) is 30.6 Å². The summed E-state index contributed by atoms with van der Waals surface area (Å²) >= 11 is 0. The van der Waals surface area contributed by atoms with Gasteiger partial charge in [-0.15, -0.1) is 0 Å². The van der Waals surface area contributed by atoms with E-state index >= 15 is 0 Å². The molecular formula is C29H42N2O4. The molecule has 6 fully saturated rings. The van der Waals surface area contributed by atoms with Gasteiger partial charge in [0.15, 0.2) is 11.5 Å². The van der Waals surface area contributed by atoms with Gasteiger partial charge in [-0.3, -0.25) is 9.69 Å². The highest BCUT2D eigenvalue weighted by atomic mass is 16.5. The summed E-state index contributed by atoms with van der Waals surface area (Å²) in [7, 11) is 1.63. The summed E-state index contributed by atoms with van der Waals surface area (Å²) < 4.78 is 11.2. The number of carbonyl (C=O) groups excluding carboxylic acids is 1. The highest BCUT2D eigenvalue weighted by molar-refractivity contribution is 5.77. The average Bonchev–Trinajstić information content (AvgIpc) is 3.04. The molecule has 2 N–H and O–H groups in total. The number of carbonyl (C=O) groups is 1. The van der Waals surface area contributed by atoms with Crippen LogP contribution in [0.15, 0.2) is 24.3 Å². The maximum atomic E-state index is 13.2. The lowest BCUT2D eigenvalue weighted by Crippen LogP contribution is -2.60. The molecule has 4 saturated carbocycles. The highest BCUT2D eigenvalue weighted by Gasteiger charge is 2.51. The van der Waals surface area contributed by atoms with Crippen LogP contribution < -0.4 is 14.8 Å². The van der Waals surface area contributed by atoms with Crippen molar-refractivity contribution in [2.24, 2.45) is 23.7 Å². The van der Waals surface area contributed by atoms with Crippen LogP contribution in [0.3, 0.4) is 0 Å². The van der Waals surface area contributed by atoms with Gasteiger partial charge in [0.25, 0.3) is 0 Å². The molecule has 1 aromatic carbocycles. The first-order valence-corrected chi connectivity index (χ1v) is 14.0. The normalized spacial score (nSPS) is 38.3. The van der Waals surface area contributed by atoms with E-state index < -0.39 is 6.10 Å². The minimum Gasteiger partial charge on any atom is -0.493 e. The predicted octanol–water partition coefficient (Wildman–Crippen LogP) is 4.15. The van der Waals surface area contributed by atoms with Gasteiger partial charge in [0.2, 0.25) is 5.91 Å². The number of nitrogens with zero attached hydrogens (tertiary/aromatic N) is 1. The van der Waals surface area contributed by atoms with Crippen molar-refractivity contribution in [1.29, 1.82) is 0 Å². The number of amides is 1. The maximum Gasteiger partial charge on any atom is 0.220 e. The molecule has 1 aromatic rings. The molecule has 0 aromatic heterocycles. The largest absolute Gasteiger partial charge is 0.493 e. The monoisotopic (exact) mass is 482 g/mol. The number of benzene rings is 1. The van der Waals surface area contributed by atoms with Crippen LogP contribution in [-0.2, 0) is 4.79 Å². The van der Waals surface area contributed by atoms with E-state index in [-0.39, 0.29) is 12.1 Å². The molecule has 6 nitrogen and oxygen atoms in total. The molecular weight excluding hydrogens is 440 g/mol. The van der Waals surface area contributed by atoms with Crippen molar-refractivity contribution in [2.75, 3.05) is 20.3 Å². The summed E-state index contributed by atoms with van der Waals surface area (Å²) in [5.41, 5.74) is 0.122. The molecule has 4 aliphatic carbocycles. The zero-order valence-corrected chi connectivity index (χ0v) is 21.2. The van der Waals surface area contributed by atoms with Gasteiger partial charge in [-0.25, -0.2) is 0 Å². The second-order valence-electron chi connectivity index (χ2n) is 12.5. The molecule has 2 heterocycles. The lowest BCUT2D eigenvalue weighted by molar-refractivity contribution is -0.128. The van der Waals surface area contributed by atoms with Crippen LogP contribution in [0.1, 0.15) is 70.6 Å². The summed E-state index contributed by atoms with van der Waals surface area (Å²) in [6.45, 7) is 0.893. The Morgan fingerprint density at radius 3 is 2.23 bits per heavy atom. The maximum absolute atomic E-state index is 13.2. The molecule has 1 amide bonds. The van der Waals surface area contributed by atoms with E-state index in [1.165, 1.54) is 51.4 Å². The number of ether oxygens (including phenoxy) is 2. The van der Waals surface area contributed by atoms with Crippen LogP contribution in [0.2, 0.25) is 0 Å². The van der Waals surface area contributed by atoms with Gasteiger partial charge in [0.1, 0.15) is 12.7 Å². The summed E-state index contributed by atoms with van der Waals surface area (Å²) in [4.78, 5) is 15.7.